The maximum Gasteiger partial charge on any atom is 0.194 e. The highest BCUT2D eigenvalue weighted by Crippen LogP contribution is 2.25. The molecule has 2 fully saturated rings. The number of guanidine groups is 1. The first kappa shape index (κ1) is 20.5. The van der Waals surface area contributed by atoms with Crippen LogP contribution in [0.25, 0.3) is 0 Å². The Morgan fingerprint density at radius 3 is 2.90 bits per heavy atom. The lowest BCUT2D eigenvalue weighted by molar-refractivity contribution is -0.0502. The minimum atomic E-state index is 0.223. The summed E-state index contributed by atoms with van der Waals surface area (Å²) in [6.07, 6.45) is 4.94. The van der Waals surface area contributed by atoms with Crippen molar-refractivity contribution < 1.29 is 4.74 Å². The van der Waals surface area contributed by atoms with Crippen LogP contribution < -0.4 is 5.32 Å². The van der Waals surface area contributed by atoms with Crippen LogP contribution in [-0.4, -0.2) is 76.0 Å². The van der Waals surface area contributed by atoms with Crippen molar-refractivity contribution in [2.45, 2.75) is 57.5 Å². The summed E-state index contributed by atoms with van der Waals surface area (Å²) in [5, 5.41) is 12.4. The zero-order valence-electron chi connectivity index (χ0n) is 18.4. The molecule has 2 atom stereocenters. The van der Waals surface area contributed by atoms with Gasteiger partial charge in [-0.15, -0.1) is 10.2 Å². The van der Waals surface area contributed by atoms with Gasteiger partial charge in [0.05, 0.1) is 25.3 Å². The fraction of sp³-hybridized carbons (Fsp3) is 0.609. The molecule has 1 aromatic heterocycles. The standard InChI is InChI=1S/C23H33N7O/c1-24-23(25-14-22-27-26-21-10-6-3-7-11-30(21)22)29-16-19-20(17-29)31-13-12-28(19)15-18-8-4-2-5-9-18/h2,4-5,8-9,19-20H,3,6-7,10-17H2,1H3,(H,24,25). The third-order valence-corrected chi connectivity index (χ3v) is 6.75. The first-order chi connectivity index (χ1) is 15.3. The molecule has 4 heterocycles. The van der Waals surface area contributed by atoms with E-state index < -0.39 is 0 Å². The van der Waals surface area contributed by atoms with E-state index >= 15 is 0 Å². The lowest BCUT2D eigenvalue weighted by Gasteiger charge is -2.36. The van der Waals surface area contributed by atoms with Gasteiger partial charge in [-0.1, -0.05) is 36.8 Å². The summed E-state index contributed by atoms with van der Waals surface area (Å²) < 4.78 is 8.43. The summed E-state index contributed by atoms with van der Waals surface area (Å²) >= 11 is 0. The molecule has 0 radical (unpaired) electrons. The number of aliphatic imine (C=N–C) groups is 1. The minimum absolute atomic E-state index is 0.223. The van der Waals surface area contributed by atoms with Crippen LogP contribution in [0.15, 0.2) is 35.3 Å². The lowest BCUT2D eigenvalue weighted by Crippen LogP contribution is -2.50. The molecule has 3 aliphatic heterocycles. The molecule has 0 aliphatic carbocycles. The Hall–Kier alpha value is -2.45. The molecule has 8 nitrogen and oxygen atoms in total. The minimum Gasteiger partial charge on any atom is -0.373 e. The zero-order chi connectivity index (χ0) is 21.0. The molecule has 1 N–H and O–H groups in total. The van der Waals surface area contributed by atoms with Crippen LogP contribution in [0, 0.1) is 0 Å². The van der Waals surface area contributed by atoms with Gasteiger partial charge in [0, 0.05) is 46.2 Å². The van der Waals surface area contributed by atoms with Gasteiger partial charge in [0.1, 0.15) is 5.82 Å². The maximum atomic E-state index is 6.14. The average Bonchev–Trinajstić information content (AvgIpc) is 3.32. The first-order valence-corrected chi connectivity index (χ1v) is 11.6. The lowest BCUT2D eigenvalue weighted by atomic mass is 10.1. The Balaban J connectivity index is 1.22. The molecule has 0 bridgehead atoms. The van der Waals surface area contributed by atoms with E-state index in [0.717, 1.165) is 63.4 Å². The Morgan fingerprint density at radius 1 is 1.13 bits per heavy atom. The van der Waals surface area contributed by atoms with Gasteiger partial charge in [0.15, 0.2) is 11.8 Å². The van der Waals surface area contributed by atoms with Crippen LogP contribution >= 0.6 is 0 Å². The van der Waals surface area contributed by atoms with Gasteiger partial charge in [-0.25, -0.2) is 0 Å². The average molecular weight is 424 g/mol. The van der Waals surface area contributed by atoms with Crippen molar-refractivity contribution in [2.24, 2.45) is 4.99 Å². The second kappa shape index (κ2) is 9.36. The van der Waals surface area contributed by atoms with Crippen LogP contribution in [0.3, 0.4) is 0 Å². The zero-order valence-corrected chi connectivity index (χ0v) is 18.4. The molecular formula is C23H33N7O. The number of hydrogen-bond acceptors (Lipinski definition) is 5. The summed E-state index contributed by atoms with van der Waals surface area (Å²) in [6.45, 7) is 6.20. The number of fused-ring (bicyclic) bond motifs is 2. The van der Waals surface area contributed by atoms with Crippen LogP contribution in [0.4, 0.5) is 0 Å². The van der Waals surface area contributed by atoms with E-state index in [1.807, 2.05) is 7.05 Å². The van der Waals surface area contributed by atoms with Crippen LogP contribution in [0.1, 0.15) is 36.5 Å². The SMILES string of the molecule is CN=C(NCc1nnc2n1CCCCC2)N1CC2OCCN(Cc3ccccc3)C2C1. The van der Waals surface area contributed by atoms with Crippen molar-refractivity contribution >= 4 is 5.96 Å². The topological polar surface area (TPSA) is 70.8 Å². The van der Waals surface area contributed by atoms with Crippen LogP contribution in [0.5, 0.6) is 0 Å². The van der Waals surface area contributed by atoms with Gasteiger partial charge in [0.25, 0.3) is 0 Å². The van der Waals surface area contributed by atoms with Crippen molar-refractivity contribution in [3.63, 3.8) is 0 Å². The predicted molar refractivity (Wildman–Crippen MR) is 120 cm³/mol. The normalized spacial score (nSPS) is 24.5. The quantitative estimate of drug-likeness (QED) is 0.596. The third-order valence-electron chi connectivity index (χ3n) is 6.75. The van der Waals surface area contributed by atoms with Crippen molar-refractivity contribution in [2.75, 3.05) is 33.3 Å². The van der Waals surface area contributed by atoms with E-state index in [9.17, 15) is 0 Å². The molecule has 8 heteroatoms. The fourth-order valence-corrected chi connectivity index (χ4v) is 5.11. The summed E-state index contributed by atoms with van der Waals surface area (Å²) in [6, 6.07) is 11.1. The molecule has 3 aliphatic rings. The van der Waals surface area contributed by atoms with E-state index in [-0.39, 0.29) is 6.10 Å². The smallest absolute Gasteiger partial charge is 0.194 e. The molecule has 0 spiro atoms. The van der Waals surface area contributed by atoms with E-state index in [2.05, 4.69) is 65.2 Å². The predicted octanol–water partition coefficient (Wildman–Crippen LogP) is 1.67. The number of morpholine rings is 1. The van der Waals surface area contributed by atoms with Gasteiger partial charge in [-0.05, 0) is 18.4 Å². The van der Waals surface area contributed by atoms with E-state index in [1.165, 1.54) is 24.8 Å². The van der Waals surface area contributed by atoms with E-state index in [0.29, 0.717) is 12.6 Å². The summed E-state index contributed by atoms with van der Waals surface area (Å²) in [5.74, 6) is 3.06. The van der Waals surface area contributed by atoms with Crippen molar-refractivity contribution in [1.29, 1.82) is 0 Å². The molecule has 2 unspecified atom stereocenters. The van der Waals surface area contributed by atoms with Gasteiger partial charge >= 0.3 is 0 Å². The Kier molecular flexibility index (Phi) is 6.18. The molecule has 5 rings (SSSR count). The number of aryl methyl sites for hydroxylation is 1. The second-order valence-electron chi connectivity index (χ2n) is 8.73. The van der Waals surface area contributed by atoms with Crippen molar-refractivity contribution in [1.82, 2.24) is 29.9 Å². The Labute approximate surface area is 184 Å². The number of nitrogens with zero attached hydrogens (tertiary/aromatic N) is 6. The molecule has 1 aromatic carbocycles. The van der Waals surface area contributed by atoms with Crippen LogP contribution in [-0.2, 0) is 30.8 Å². The Bertz CT molecular complexity index is 897. The highest BCUT2D eigenvalue weighted by atomic mass is 16.5. The number of aromatic nitrogens is 3. The number of rotatable bonds is 4. The molecule has 0 amide bonds. The van der Waals surface area contributed by atoms with E-state index in [4.69, 9.17) is 4.74 Å². The van der Waals surface area contributed by atoms with E-state index in [1.54, 1.807) is 0 Å². The molecule has 31 heavy (non-hydrogen) atoms. The van der Waals surface area contributed by atoms with Gasteiger partial charge in [-0.3, -0.25) is 9.89 Å². The van der Waals surface area contributed by atoms with Gasteiger partial charge in [0.2, 0.25) is 0 Å². The van der Waals surface area contributed by atoms with Crippen molar-refractivity contribution in [3.05, 3.63) is 47.5 Å². The molecule has 2 saturated heterocycles. The van der Waals surface area contributed by atoms with Crippen LogP contribution in [0.2, 0.25) is 0 Å². The monoisotopic (exact) mass is 423 g/mol. The molecule has 0 saturated carbocycles. The van der Waals surface area contributed by atoms with Gasteiger partial charge in [-0.2, -0.15) is 0 Å². The number of ether oxygens (including phenoxy) is 1. The van der Waals surface area contributed by atoms with Gasteiger partial charge < -0.3 is 19.5 Å². The highest BCUT2D eigenvalue weighted by Gasteiger charge is 2.41. The summed E-state index contributed by atoms with van der Waals surface area (Å²) in [4.78, 5) is 9.46. The number of likely N-dealkylation sites (tertiary alicyclic amines) is 1. The molecule has 166 valence electrons. The largest absolute Gasteiger partial charge is 0.373 e. The molecule has 2 aromatic rings. The fourth-order valence-electron chi connectivity index (χ4n) is 5.11. The second-order valence-corrected chi connectivity index (χ2v) is 8.73. The summed E-state index contributed by atoms with van der Waals surface area (Å²) in [5.41, 5.74) is 1.36. The highest BCUT2D eigenvalue weighted by molar-refractivity contribution is 5.80. The number of benzene rings is 1. The Morgan fingerprint density at radius 2 is 2.03 bits per heavy atom. The first-order valence-electron chi connectivity index (χ1n) is 11.6. The maximum absolute atomic E-state index is 6.14. The number of nitrogens with one attached hydrogen (secondary N) is 1. The number of hydrogen-bond donors (Lipinski definition) is 1. The summed E-state index contributed by atoms with van der Waals surface area (Å²) in [7, 11) is 1.86. The van der Waals surface area contributed by atoms with Crippen molar-refractivity contribution in [3.8, 4) is 0 Å². The molecular weight excluding hydrogens is 390 g/mol. The third kappa shape index (κ3) is 4.45.